The van der Waals surface area contributed by atoms with E-state index >= 15 is 0 Å². The number of ether oxygens (including phenoxy) is 1. The molecule has 1 aromatic carbocycles. The molecular weight excluding hydrogens is 355 g/mol. The number of alkyl halides is 3. The second-order valence-electron chi connectivity index (χ2n) is 4.96. The van der Waals surface area contributed by atoms with Crippen LogP contribution in [0.3, 0.4) is 0 Å². The Morgan fingerprint density at radius 3 is 2.27 bits per heavy atom. The zero-order valence-corrected chi connectivity index (χ0v) is 14.2. The van der Waals surface area contributed by atoms with Gasteiger partial charge in [-0.15, -0.1) is 0 Å². The van der Waals surface area contributed by atoms with Crippen molar-refractivity contribution in [3.05, 3.63) is 34.4 Å². The first-order chi connectivity index (χ1) is 10.1. The molecule has 1 rings (SSSR count). The van der Waals surface area contributed by atoms with Gasteiger partial charge in [0.2, 0.25) is 15.9 Å². The van der Waals surface area contributed by atoms with Crippen LogP contribution in [-0.2, 0) is 4.79 Å². The maximum Gasteiger partial charge on any atom is 0.269 e. The number of non-ortho nitro benzene ring substituents is 1. The Morgan fingerprint density at radius 2 is 1.86 bits per heavy atom. The van der Waals surface area contributed by atoms with Crippen LogP contribution in [-0.4, -0.2) is 20.9 Å². The summed E-state index contributed by atoms with van der Waals surface area (Å²) in [6, 6.07) is 5.22. The van der Waals surface area contributed by atoms with E-state index in [9.17, 15) is 14.9 Å². The molecule has 0 aliphatic rings. The third-order valence-corrected chi connectivity index (χ3v) is 3.08. The van der Waals surface area contributed by atoms with E-state index in [4.69, 9.17) is 39.5 Å². The first kappa shape index (κ1) is 18.8. The number of nitrogens with zero attached hydrogens (tertiary/aromatic N) is 1. The van der Waals surface area contributed by atoms with E-state index in [1.165, 1.54) is 24.3 Å². The summed E-state index contributed by atoms with van der Waals surface area (Å²) in [5.41, 5.74) is -0.0957. The van der Waals surface area contributed by atoms with Crippen molar-refractivity contribution in [1.82, 2.24) is 5.32 Å². The van der Waals surface area contributed by atoms with E-state index in [0.717, 1.165) is 0 Å². The first-order valence-electron chi connectivity index (χ1n) is 6.36. The van der Waals surface area contributed by atoms with Gasteiger partial charge < -0.3 is 10.1 Å². The average molecular weight is 370 g/mol. The molecular formula is C13H15Cl3N2O4. The zero-order valence-electron chi connectivity index (χ0n) is 11.9. The maximum atomic E-state index is 11.8. The van der Waals surface area contributed by atoms with E-state index in [2.05, 4.69) is 5.32 Å². The fraction of sp³-hybridized carbons (Fsp3) is 0.462. The predicted molar refractivity (Wildman–Crippen MR) is 85.4 cm³/mol. The van der Waals surface area contributed by atoms with Gasteiger partial charge in [0.05, 0.1) is 4.92 Å². The van der Waals surface area contributed by atoms with Crippen molar-refractivity contribution < 1.29 is 14.5 Å². The van der Waals surface area contributed by atoms with Gasteiger partial charge in [-0.2, -0.15) is 0 Å². The molecule has 1 aromatic rings. The number of halogens is 3. The molecule has 6 nitrogen and oxygen atoms in total. The summed E-state index contributed by atoms with van der Waals surface area (Å²) in [7, 11) is 0. The Hall–Kier alpha value is -1.24. The molecule has 0 aliphatic heterocycles. The molecule has 122 valence electrons. The van der Waals surface area contributed by atoms with Crippen molar-refractivity contribution >= 4 is 46.4 Å². The summed E-state index contributed by atoms with van der Waals surface area (Å²) in [6.07, 6.45) is -0.967. The highest BCUT2D eigenvalue weighted by Gasteiger charge is 2.36. The molecule has 0 radical (unpaired) electrons. The number of hydrogen-bond donors (Lipinski definition) is 1. The van der Waals surface area contributed by atoms with E-state index in [1.54, 1.807) is 0 Å². The summed E-state index contributed by atoms with van der Waals surface area (Å²) in [4.78, 5) is 21.8. The summed E-state index contributed by atoms with van der Waals surface area (Å²) < 4.78 is 3.52. The summed E-state index contributed by atoms with van der Waals surface area (Å²) in [6.45, 7) is 3.75. The van der Waals surface area contributed by atoms with Crippen molar-refractivity contribution in [3.63, 3.8) is 0 Å². The molecule has 0 saturated carbocycles. The van der Waals surface area contributed by atoms with Gasteiger partial charge in [-0.05, 0) is 18.1 Å². The Bertz CT molecular complexity index is 529. The Balaban J connectivity index is 2.81. The first-order valence-corrected chi connectivity index (χ1v) is 7.50. The minimum Gasteiger partial charge on any atom is -0.466 e. The minimum atomic E-state index is -1.89. The van der Waals surface area contributed by atoms with Gasteiger partial charge in [-0.3, -0.25) is 14.9 Å². The number of nitrogens with one attached hydrogen (secondary N) is 1. The number of carbonyl (C=O) groups is 1. The van der Waals surface area contributed by atoms with E-state index in [0.29, 0.717) is 0 Å². The number of hydrogen-bond acceptors (Lipinski definition) is 4. The van der Waals surface area contributed by atoms with Gasteiger partial charge in [-0.25, -0.2) is 0 Å². The summed E-state index contributed by atoms with van der Waals surface area (Å²) in [5, 5.41) is 13.1. The topological polar surface area (TPSA) is 81.5 Å². The molecule has 0 aromatic heterocycles. The predicted octanol–water partition coefficient (Wildman–Crippen LogP) is 3.83. The molecule has 1 amide bonds. The van der Waals surface area contributed by atoms with E-state index < -0.39 is 14.9 Å². The van der Waals surface area contributed by atoms with Crippen molar-refractivity contribution in [3.8, 4) is 5.75 Å². The second kappa shape index (κ2) is 7.85. The van der Waals surface area contributed by atoms with Crippen molar-refractivity contribution in [2.45, 2.75) is 30.3 Å². The Kier molecular flexibility index (Phi) is 6.71. The highest BCUT2D eigenvalue weighted by atomic mass is 35.6. The quantitative estimate of drug-likeness (QED) is 0.357. The second-order valence-corrected chi connectivity index (χ2v) is 7.32. The third-order valence-electron chi connectivity index (χ3n) is 2.48. The van der Waals surface area contributed by atoms with Crippen LogP contribution in [0.1, 0.15) is 20.3 Å². The third kappa shape index (κ3) is 6.25. The van der Waals surface area contributed by atoms with Gasteiger partial charge in [0.25, 0.3) is 5.69 Å². The monoisotopic (exact) mass is 368 g/mol. The molecule has 1 atom stereocenters. The van der Waals surface area contributed by atoms with Crippen LogP contribution in [0.15, 0.2) is 24.3 Å². The molecule has 0 spiro atoms. The van der Waals surface area contributed by atoms with Gasteiger partial charge >= 0.3 is 0 Å². The van der Waals surface area contributed by atoms with E-state index in [-0.39, 0.29) is 29.7 Å². The lowest BCUT2D eigenvalue weighted by Crippen LogP contribution is -2.48. The van der Waals surface area contributed by atoms with Crippen molar-refractivity contribution in [2.75, 3.05) is 0 Å². The highest BCUT2D eigenvalue weighted by Crippen LogP contribution is 2.32. The van der Waals surface area contributed by atoms with Crippen LogP contribution >= 0.6 is 34.8 Å². The molecule has 22 heavy (non-hydrogen) atoms. The van der Waals surface area contributed by atoms with Crippen LogP contribution in [0.5, 0.6) is 5.75 Å². The van der Waals surface area contributed by atoms with Crippen LogP contribution in [0.2, 0.25) is 0 Å². The minimum absolute atomic E-state index is 0.0957. The average Bonchev–Trinajstić information content (AvgIpc) is 2.36. The molecule has 1 unspecified atom stereocenters. The largest absolute Gasteiger partial charge is 0.466 e. The molecule has 0 fully saturated rings. The van der Waals surface area contributed by atoms with E-state index in [1.807, 2.05) is 13.8 Å². The summed E-state index contributed by atoms with van der Waals surface area (Å²) in [5.74, 6) is 0.0374. The summed E-state index contributed by atoms with van der Waals surface area (Å²) >= 11 is 17.4. The molecule has 0 saturated heterocycles. The van der Waals surface area contributed by atoms with Crippen LogP contribution in [0, 0.1) is 16.0 Å². The SMILES string of the molecule is CC(C)CC(=O)NC(Oc1ccc([N+](=O)[O-])cc1)C(Cl)(Cl)Cl. The maximum absolute atomic E-state index is 11.8. The highest BCUT2D eigenvalue weighted by molar-refractivity contribution is 6.68. The number of nitro groups is 1. The van der Waals surface area contributed by atoms with Crippen LogP contribution in [0.4, 0.5) is 5.69 Å². The lowest BCUT2D eigenvalue weighted by atomic mass is 10.1. The fourth-order valence-electron chi connectivity index (χ4n) is 1.54. The smallest absolute Gasteiger partial charge is 0.269 e. The molecule has 9 heteroatoms. The van der Waals surface area contributed by atoms with Gasteiger partial charge in [0.15, 0.2) is 0 Å². The number of carbonyl (C=O) groups excluding carboxylic acids is 1. The number of benzene rings is 1. The molecule has 1 N–H and O–H groups in total. The van der Waals surface area contributed by atoms with Crippen LogP contribution < -0.4 is 10.1 Å². The Morgan fingerprint density at radius 1 is 1.32 bits per heavy atom. The number of rotatable bonds is 6. The van der Waals surface area contributed by atoms with Crippen molar-refractivity contribution in [1.29, 1.82) is 0 Å². The van der Waals surface area contributed by atoms with Crippen molar-refractivity contribution in [2.24, 2.45) is 5.92 Å². The standard InChI is InChI=1S/C13H15Cl3N2O4/c1-8(2)7-11(19)17-12(13(14,15)16)22-10-5-3-9(4-6-10)18(20)21/h3-6,8,12H,7H2,1-2H3,(H,17,19). The lowest BCUT2D eigenvalue weighted by molar-refractivity contribution is -0.384. The fourth-order valence-corrected chi connectivity index (χ4v) is 1.83. The number of nitro benzene ring substituents is 1. The van der Waals surface area contributed by atoms with Gasteiger partial charge in [0, 0.05) is 18.6 Å². The molecule has 0 heterocycles. The Labute approximate surface area is 142 Å². The molecule has 0 bridgehead atoms. The lowest BCUT2D eigenvalue weighted by Gasteiger charge is -2.26. The number of amides is 1. The normalized spacial score (nSPS) is 12.8. The van der Waals surface area contributed by atoms with Gasteiger partial charge in [0.1, 0.15) is 5.75 Å². The van der Waals surface area contributed by atoms with Gasteiger partial charge in [-0.1, -0.05) is 48.7 Å². The molecule has 0 aliphatic carbocycles. The zero-order chi connectivity index (χ0) is 16.9. The van der Waals surface area contributed by atoms with Crippen LogP contribution in [0.25, 0.3) is 0 Å².